The van der Waals surface area contributed by atoms with Crippen molar-refractivity contribution in [1.29, 1.82) is 0 Å². The molecule has 20 rings (SSSR count). The molecular formula is C134H112N4O4Si. The molecule has 143 heavy (non-hydrogen) atoms. The average molecular weight is 1870 g/mol. The molecule has 0 aliphatic carbocycles. The lowest BCUT2D eigenvalue weighted by Crippen LogP contribution is -2.74. The molecule has 0 fully saturated rings. The summed E-state index contributed by atoms with van der Waals surface area (Å²) in [6.45, 7) is 11.4. The van der Waals surface area contributed by atoms with Crippen LogP contribution in [0.4, 0.5) is 68.2 Å². The van der Waals surface area contributed by atoms with Crippen molar-refractivity contribution in [1.82, 2.24) is 0 Å². The van der Waals surface area contributed by atoms with Gasteiger partial charge in [-0.3, -0.25) is 0 Å². The molecule has 20 aromatic rings. The van der Waals surface area contributed by atoms with Crippen LogP contribution in [-0.2, 0) is 22.7 Å². The lowest BCUT2D eigenvalue weighted by atomic mass is 9.95. The molecule has 0 aliphatic rings. The third kappa shape index (κ3) is 22.3. The van der Waals surface area contributed by atoms with Crippen LogP contribution in [0.3, 0.4) is 0 Å². The van der Waals surface area contributed by atoms with Crippen molar-refractivity contribution in [3.63, 3.8) is 0 Å². The Balaban J connectivity index is 0.540. The summed E-state index contributed by atoms with van der Waals surface area (Å²) in [5.74, 6) is 1.75. The first-order valence-corrected chi connectivity index (χ1v) is 51.4. The van der Waals surface area contributed by atoms with E-state index in [-0.39, 0.29) is 0 Å². The maximum absolute atomic E-state index is 6.17. The first kappa shape index (κ1) is 93.5. The first-order chi connectivity index (χ1) is 70.8. The molecule has 0 unspecified atom stereocenters. The highest BCUT2D eigenvalue weighted by Crippen LogP contribution is 2.44. The maximum Gasteiger partial charge on any atom is 0.179 e. The summed E-state index contributed by atoms with van der Waals surface area (Å²) in [4.78, 5) is 9.44. The zero-order valence-corrected chi connectivity index (χ0v) is 81.2. The fraction of sp³-hybridized carbons (Fsp3) is 0.0746. The summed E-state index contributed by atoms with van der Waals surface area (Å²) < 4.78 is 24.3. The predicted molar refractivity (Wildman–Crippen MR) is 603 cm³/mol. The number of benzene rings is 20. The fourth-order valence-electron chi connectivity index (χ4n) is 19.3. The standard InChI is InChI=1S/C134H112N4O4Si/c1-3-101-67-79-129(80-68-101)141-89-25-23-87-139-99-103-63-71-121(72-64-103)135(117-47-11-5-12-48-117)125-55-31-43-113(95-125)109-39-27-35-105(91-109)107-37-29-41-111(93-107)115-45-33-57-127(97-115)137(119-51-15-7-16-52-119)123-75-83-133(84-76-123)143(131-59-19-9-20-60-131,132-61-21-10-22-62-132)134-85-77-124(78-86-134)138(120-53-17-8-18-54-120)128-58-34-46-116(98-128)112-42-30-38-108(94-112)106-36-28-40-110(92-106)114-44-32-56-126(96-114)136(118-49-13-6-14-50-118)122-73-65-104(66-74-122)100-140-88-24-26-90-142-130-81-69-102(4-2)70-82-130/h3-22,27-86,91-98H,1-2,23-26,87-90,99-100H2. The Morgan fingerprint density at radius 3 is 0.636 bits per heavy atom. The summed E-state index contributed by atoms with van der Waals surface area (Å²) in [6, 6.07) is 189. The van der Waals surface area contributed by atoms with Gasteiger partial charge in [0.15, 0.2) is 8.07 Å². The Hall–Kier alpha value is -17.2. The van der Waals surface area contributed by atoms with Gasteiger partial charge in [0.05, 0.1) is 26.4 Å². The number of para-hydroxylation sites is 4. The minimum absolute atomic E-state index is 0.542. The van der Waals surface area contributed by atoms with E-state index >= 15 is 0 Å². The third-order valence-corrected chi connectivity index (χ3v) is 31.3. The number of hydrogen-bond acceptors (Lipinski definition) is 8. The Morgan fingerprint density at radius 1 is 0.182 bits per heavy atom. The highest BCUT2D eigenvalue weighted by molar-refractivity contribution is 7.20. The summed E-state index contributed by atoms with van der Waals surface area (Å²) in [5.41, 5.74) is 30.7. The molecule has 696 valence electrons. The largest absolute Gasteiger partial charge is 0.494 e. The van der Waals surface area contributed by atoms with Crippen LogP contribution in [0, 0.1) is 0 Å². The topological polar surface area (TPSA) is 49.9 Å². The highest BCUT2D eigenvalue weighted by Gasteiger charge is 2.42. The number of unbranched alkanes of at least 4 members (excludes halogenated alkanes) is 2. The molecule has 0 saturated heterocycles. The molecule has 0 aliphatic heterocycles. The number of rotatable bonds is 40. The van der Waals surface area contributed by atoms with Crippen molar-refractivity contribution >= 4 is 109 Å². The second kappa shape index (κ2) is 45.6. The molecule has 0 radical (unpaired) electrons. The van der Waals surface area contributed by atoms with Gasteiger partial charge in [0, 0.05) is 81.5 Å². The molecule has 0 spiro atoms. The van der Waals surface area contributed by atoms with Crippen molar-refractivity contribution in [3.05, 3.63) is 557 Å². The van der Waals surface area contributed by atoms with Crippen LogP contribution in [0.1, 0.15) is 47.9 Å². The average Bonchev–Trinajstić information content (AvgIpc) is 0.727. The molecule has 0 aromatic heterocycles. The summed E-state index contributed by atoms with van der Waals surface area (Å²) >= 11 is 0. The molecule has 0 bridgehead atoms. The smallest absolute Gasteiger partial charge is 0.179 e. The Bertz CT molecular complexity index is 7130. The summed E-state index contributed by atoms with van der Waals surface area (Å²) in [5, 5.41) is 5.14. The third-order valence-electron chi connectivity index (χ3n) is 26.5. The highest BCUT2D eigenvalue weighted by atomic mass is 28.3. The second-order valence-corrected chi connectivity index (χ2v) is 39.7. The van der Waals surface area contributed by atoms with Crippen LogP contribution in [0.2, 0.25) is 0 Å². The zero-order valence-electron chi connectivity index (χ0n) is 80.2. The van der Waals surface area contributed by atoms with E-state index in [2.05, 4.69) is 506 Å². The SMILES string of the molecule is C=Cc1ccc(OCCCCOCc2ccc(N(c3ccccc3)c3cccc(-c4cccc(-c5cccc(-c6cccc(N(c7ccccc7)c7ccc([Si](c8ccccc8)(c8ccccc8)c8ccc(N(c9ccccc9)c9cccc(-c%10cccc(-c%11cccc(-c%12cccc(N(c%13ccccc%13)c%13ccc(COCCCCOc%14ccc(C=C)cc%14)cc%13)c%12)c%11)c%10)c9)cc8)cc7)c6)c5)c4)c3)cc2)cc1. The van der Waals surface area contributed by atoms with Crippen LogP contribution < -0.4 is 49.8 Å². The predicted octanol–water partition coefficient (Wildman–Crippen LogP) is 33.0. The molecule has 0 heterocycles. The lowest BCUT2D eigenvalue weighted by molar-refractivity contribution is 0.113. The fourth-order valence-corrected chi connectivity index (χ4v) is 24.0. The van der Waals surface area contributed by atoms with Crippen LogP contribution in [-0.4, -0.2) is 34.5 Å². The van der Waals surface area contributed by atoms with E-state index in [0.717, 1.165) is 194 Å². The number of ether oxygens (including phenoxy) is 4. The van der Waals surface area contributed by atoms with Gasteiger partial charge in [0.25, 0.3) is 0 Å². The monoisotopic (exact) mass is 1870 g/mol. The van der Waals surface area contributed by atoms with Crippen molar-refractivity contribution in [2.75, 3.05) is 46.0 Å². The molecule has 0 saturated carbocycles. The number of hydrogen-bond donors (Lipinski definition) is 0. The van der Waals surface area contributed by atoms with Crippen molar-refractivity contribution in [3.8, 4) is 78.3 Å². The maximum atomic E-state index is 6.17. The van der Waals surface area contributed by atoms with Gasteiger partial charge in [-0.15, -0.1) is 0 Å². The van der Waals surface area contributed by atoms with Crippen molar-refractivity contribution < 1.29 is 18.9 Å². The van der Waals surface area contributed by atoms with Crippen LogP contribution >= 0.6 is 0 Å². The summed E-state index contributed by atoms with van der Waals surface area (Å²) in [6.07, 6.45) is 7.35. The van der Waals surface area contributed by atoms with E-state index in [1.54, 1.807) is 0 Å². The Morgan fingerprint density at radius 2 is 0.385 bits per heavy atom. The van der Waals surface area contributed by atoms with Gasteiger partial charge in [0.1, 0.15) is 11.5 Å². The first-order valence-electron chi connectivity index (χ1n) is 49.4. The number of anilines is 12. The number of nitrogens with zero attached hydrogens (tertiary/aromatic N) is 4. The molecule has 0 amide bonds. The van der Waals surface area contributed by atoms with E-state index < -0.39 is 8.07 Å². The zero-order chi connectivity index (χ0) is 96.6. The van der Waals surface area contributed by atoms with Gasteiger partial charge in [-0.25, -0.2) is 0 Å². The Kier molecular flexibility index (Phi) is 29.8. The molecule has 9 heteroatoms. The normalized spacial score (nSPS) is 11.2. The van der Waals surface area contributed by atoms with E-state index in [4.69, 9.17) is 18.9 Å². The second-order valence-electron chi connectivity index (χ2n) is 35.9. The van der Waals surface area contributed by atoms with Crippen LogP contribution in [0.25, 0.3) is 78.9 Å². The van der Waals surface area contributed by atoms with Gasteiger partial charge < -0.3 is 38.5 Å². The lowest BCUT2D eigenvalue weighted by Gasteiger charge is -2.35. The molecular weight excluding hydrogens is 1760 g/mol. The Labute approximate surface area is 842 Å². The van der Waals surface area contributed by atoms with Gasteiger partial charge in [0.2, 0.25) is 0 Å². The quantitative estimate of drug-likeness (QED) is 0.0214. The molecule has 20 aromatic carbocycles. The van der Waals surface area contributed by atoms with Crippen molar-refractivity contribution in [2.24, 2.45) is 0 Å². The van der Waals surface area contributed by atoms with Crippen LogP contribution in [0.15, 0.2) is 535 Å². The molecule has 0 N–H and O–H groups in total. The van der Waals surface area contributed by atoms with Gasteiger partial charge in [-0.05, 0) is 330 Å². The summed E-state index contributed by atoms with van der Waals surface area (Å²) in [7, 11) is -3.10. The van der Waals surface area contributed by atoms with E-state index in [1.807, 2.05) is 60.7 Å². The minimum Gasteiger partial charge on any atom is -0.494 e. The van der Waals surface area contributed by atoms with Crippen molar-refractivity contribution in [2.45, 2.75) is 38.9 Å². The van der Waals surface area contributed by atoms with Gasteiger partial charge in [-0.2, -0.15) is 0 Å². The van der Waals surface area contributed by atoms with E-state index in [0.29, 0.717) is 39.6 Å². The molecule has 8 nitrogen and oxygen atoms in total. The van der Waals surface area contributed by atoms with E-state index in [9.17, 15) is 0 Å². The van der Waals surface area contributed by atoms with E-state index in [1.165, 1.54) is 20.7 Å². The van der Waals surface area contributed by atoms with Gasteiger partial charge in [-0.1, -0.05) is 353 Å². The van der Waals surface area contributed by atoms with Gasteiger partial charge >= 0.3 is 0 Å². The van der Waals surface area contributed by atoms with Crippen LogP contribution in [0.5, 0.6) is 11.5 Å². The molecule has 0 atom stereocenters. The minimum atomic E-state index is -3.10.